The first-order valence-electron chi connectivity index (χ1n) is 5.15. The van der Waals surface area contributed by atoms with E-state index in [2.05, 4.69) is 15.9 Å². The molecule has 2 N–H and O–H groups in total. The van der Waals surface area contributed by atoms with Crippen molar-refractivity contribution in [1.29, 1.82) is 0 Å². The average molecular weight is 309 g/mol. The van der Waals surface area contributed by atoms with E-state index in [0.29, 0.717) is 16.5 Å². The van der Waals surface area contributed by atoms with Crippen molar-refractivity contribution in [3.63, 3.8) is 0 Å². The summed E-state index contributed by atoms with van der Waals surface area (Å²) >= 11 is 9.07. The highest BCUT2D eigenvalue weighted by molar-refractivity contribution is 9.10. The molecule has 0 bridgehead atoms. The molecule has 1 aromatic rings. The van der Waals surface area contributed by atoms with Gasteiger partial charge in [-0.15, -0.1) is 0 Å². The minimum Gasteiger partial charge on any atom is -0.328 e. The van der Waals surface area contributed by atoms with Gasteiger partial charge in [-0.3, -0.25) is 0 Å². The standard InChI is InChI=1S/C12H16BrClFN/c1-7(16)6-12(2,3)8-4-5-9(13)10(14)11(8)15/h4-5,7H,6,16H2,1-3H3. The van der Waals surface area contributed by atoms with Gasteiger partial charge in [0.1, 0.15) is 5.82 Å². The molecular weight excluding hydrogens is 292 g/mol. The first-order valence-corrected chi connectivity index (χ1v) is 6.32. The van der Waals surface area contributed by atoms with Crippen LogP contribution in [-0.2, 0) is 5.41 Å². The zero-order chi connectivity index (χ0) is 12.5. The Hall–Kier alpha value is -0.120. The molecule has 1 unspecified atom stereocenters. The fourth-order valence-corrected chi connectivity index (χ4v) is 2.43. The van der Waals surface area contributed by atoms with Crippen molar-refractivity contribution in [2.45, 2.75) is 38.6 Å². The molecule has 1 atom stereocenters. The number of nitrogens with two attached hydrogens (primary N) is 1. The highest BCUT2D eigenvalue weighted by Gasteiger charge is 2.27. The lowest BCUT2D eigenvalue weighted by Crippen LogP contribution is -2.29. The Morgan fingerprint density at radius 2 is 2.06 bits per heavy atom. The monoisotopic (exact) mass is 307 g/mol. The molecule has 16 heavy (non-hydrogen) atoms. The summed E-state index contributed by atoms with van der Waals surface area (Å²) in [5, 5.41) is 0.134. The average Bonchev–Trinajstić information content (AvgIpc) is 2.11. The van der Waals surface area contributed by atoms with Crippen LogP contribution in [0.1, 0.15) is 32.8 Å². The quantitative estimate of drug-likeness (QED) is 0.830. The van der Waals surface area contributed by atoms with Crippen LogP contribution in [0.5, 0.6) is 0 Å². The first-order chi connectivity index (χ1) is 7.25. The van der Waals surface area contributed by atoms with Gasteiger partial charge < -0.3 is 5.73 Å². The van der Waals surface area contributed by atoms with Crippen molar-refractivity contribution in [3.05, 3.63) is 33.0 Å². The number of rotatable bonds is 3. The third kappa shape index (κ3) is 2.96. The molecule has 1 rings (SSSR count). The highest BCUT2D eigenvalue weighted by Crippen LogP contribution is 2.36. The van der Waals surface area contributed by atoms with E-state index >= 15 is 0 Å². The van der Waals surface area contributed by atoms with Crippen molar-refractivity contribution in [2.75, 3.05) is 0 Å². The largest absolute Gasteiger partial charge is 0.328 e. The zero-order valence-electron chi connectivity index (χ0n) is 9.65. The van der Waals surface area contributed by atoms with E-state index in [1.54, 1.807) is 12.1 Å². The molecule has 0 aliphatic carbocycles. The molecule has 1 nitrogen and oxygen atoms in total. The number of benzene rings is 1. The zero-order valence-corrected chi connectivity index (χ0v) is 12.0. The van der Waals surface area contributed by atoms with Crippen LogP contribution < -0.4 is 5.73 Å². The van der Waals surface area contributed by atoms with E-state index in [1.165, 1.54) is 0 Å². The van der Waals surface area contributed by atoms with Gasteiger partial charge in [0.05, 0.1) is 5.02 Å². The topological polar surface area (TPSA) is 26.0 Å². The molecule has 0 spiro atoms. The lowest BCUT2D eigenvalue weighted by molar-refractivity contribution is 0.417. The van der Waals surface area contributed by atoms with Gasteiger partial charge in [-0.1, -0.05) is 31.5 Å². The maximum Gasteiger partial charge on any atom is 0.146 e. The summed E-state index contributed by atoms with van der Waals surface area (Å²) in [5.74, 6) is -0.360. The van der Waals surface area contributed by atoms with Gasteiger partial charge in [-0.2, -0.15) is 0 Å². The van der Waals surface area contributed by atoms with E-state index < -0.39 is 0 Å². The maximum absolute atomic E-state index is 14.0. The second-order valence-corrected chi connectivity index (χ2v) is 6.02. The van der Waals surface area contributed by atoms with E-state index in [4.69, 9.17) is 17.3 Å². The summed E-state index contributed by atoms with van der Waals surface area (Å²) in [6, 6.07) is 3.55. The summed E-state index contributed by atoms with van der Waals surface area (Å²) in [7, 11) is 0. The molecule has 0 aliphatic rings. The van der Waals surface area contributed by atoms with Crippen LogP contribution in [0.25, 0.3) is 0 Å². The number of hydrogen-bond acceptors (Lipinski definition) is 1. The Kier molecular flexibility index (Phi) is 4.38. The lowest BCUT2D eigenvalue weighted by atomic mass is 9.79. The highest BCUT2D eigenvalue weighted by atomic mass is 79.9. The van der Waals surface area contributed by atoms with Crippen LogP contribution >= 0.6 is 27.5 Å². The van der Waals surface area contributed by atoms with Gasteiger partial charge in [0.25, 0.3) is 0 Å². The molecule has 0 saturated carbocycles. The summed E-state index contributed by atoms with van der Waals surface area (Å²) in [5.41, 5.74) is 6.06. The fourth-order valence-electron chi connectivity index (χ4n) is 1.96. The summed E-state index contributed by atoms with van der Waals surface area (Å²) < 4.78 is 14.6. The third-order valence-corrected chi connectivity index (χ3v) is 3.86. The van der Waals surface area contributed by atoms with E-state index in [-0.39, 0.29) is 22.3 Å². The first kappa shape index (κ1) is 13.9. The Balaban J connectivity index is 3.18. The molecular formula is C12H16BrClFN. The lowest BCUT2D eigenvalue weighted by Gasteiger charge is -2.28. The maximum atomic E-state index is 14.0. The number of hydrogen-bond donors (Lipinski definition) is 1. The van der Waals surface area contributed by atoms with Crippen LogP contribution in [0.15, 0.2) is 16.6 Å². The van der Waals surface area contributed by atoms with Gasteiger partial charge in [0, 0.05) is 10.5 Å². The molecule has 0 amide bonds. The van der Waals surface area contributed by atoms with Crippen molar-refractivity contribution in [1.82, 2.24) is 0 Å². The van der Waals surface area contributed by atoms with Crippen molar-refractivity contribution >= 4 is 27.5 Å². The molecule has 4 heteroatoms. The molecule has 0 heterocycles. The minimum atomic E-state index is -0.360. The Bertz CT molecular complexity index is 391. The van der Waals surface area contributed by atoms with Gasteiger partial charge in [-0.25, -0.2) is 4.39 Å². The molecule has 0 aromatic heterocycles. The van der Waals surface area contributed by atoms with Crippen LogP contribution in [-0.4, -0.2) is 6.04 Å². The van der Waals surface area contributed by atoms with Gasteiger partial charge in [0.15, 0.2) is 0 Å². The third-order valence-electron chi connectivity index (χ3n) is 2.60. The summed E-state index contributed by atoms with van der Waals surface area (Å²) in [6.07, 6.45) is 0.710. The molecule has 0 fully saturated rings. The van der Waals surface area contributed by atoms with E-state index in [0.717, 1.165) is 0 Å². The second-order valence-electron chi connectivity index (χ2n) is 4.79. The van der Waals surface area contributed by atoms with Gasteiger partial charge >= 0.3 is 0 Å². The SMILES string of the molecule is CC(N)CC(C)(C)c1ccc(Br)c(Cl)c1F. The fraction of sp³-hybridized carbons (Fsp3) is 0.500. The smallest absolute Gasteiger partial charge is 0.146 e. The Morgan fingerprint density at radius 3 is 2.56 bits per heavy atom. The van der Waals surface area contributed by atoms with Crippen molar-refractivity contribution in [2.24, 2.45) is 5.73 Å². The molecule has 0 radical (unpaired) electrons. The summed E-state index contributed by atoms with van der Waals surface area (Å²) in [6.45, 7) is 5.86. The molecule has 0 aliphatic heterocycles. The van der Waals surface area contributed by atoms with Crippen LogP contribution in [0.3, 0.4) is 0 Å². The van der Waals surface area contributed by atoms with Gasteiger partial charge in [-0.05, 0) is 46.3 Å². The van der Waals surface area contributed by atoms with Gasteiger partial charge in [0.2, 0.25) is 0 Å². The molecule has 90 valence electrons. The molecule has 1 aromatic carbocycles. The molecule has 0 saturated heterocycles. The predicted molar refractivity (Wildman–Crippen MR) is 70.4 cm³/mol. The number of halogens is 3. The van der Waals surface area contributed by atoms with E-state index in [9.17, 15) is 4.39 Å². The Morgan fingerprint density at radius 1 is 1.50 bits per heavy atom. The van der Waals surface area contributed by atoms with Crippen molar-refractivity contribution < 1.29 is 4.39 Å². The minimum absolute atomic E-state index is 0.0248. The summed E-state index contributed by atoms with van der Waals surface area (Å²) in [4.78, 5) is 0. The van der Waals surface area contributed by atoms with Crippen LogP contribution in [0.2, 0.25) is 5.02 Å². The Labute approximate surface area is 109 Å². The van der Waals surface area contributed by atoms with E-state index in [1.807, 2.05) is 20.8 Å². The normalized spacial score (nSPS) is 13.9. The van der Waals surface area contributed by atoms with Crippen molar-refractivity contribution in [3.8, 4) is 0 Å². The van der Waals surface area contributed by atoms with Crippen LogP contribution in [0, 0.1) is 5.82 Å². The second kappa shape index (κ2) is 5.03. The van der Waals surface area contributed by atoms with Crippen LogP contribution in [0.4, 0.5) is 4.39 Å². The predicted octanol–water partition coefficient (Wildman–Crippen LogP) is 4.26.